The van der Waals surface area contributed by atoms with Crippen LogP contribution in [0.1, 0.15) is 29.0 Å². The van der Waals surface area contributed by atoms with Gasteiger partial charge in [0, 0.05) is 6.20 Å². The Kier molecular flexibility index (Phi) is 5.29. The third kappa shape index (κ3) is 3.79. The van der Waals surface area contributed by atoms with Crippen LogP contribution in [0.2, 0.25) is 0 Å². The summed E-state index contributed by atoms with van der Waals surface area (Å²) in [6.45, 7) is 2.11. The summed E-state index contributed by atoms with van der Waals surface area (Å²) in [4.78, 5) is 16.4. The molecule has 21 heavy (non-hydrogen) atoms. The molecule has 1 aromatic heterocycles. The minimum atomic E-state index is -0.477. The second kappa shape index (κ2) is 7.40. The molecule has 1 atom stereocenters. The molecule has 1 heterocycles. The average Bonchev–Trinajstić information content (AvgIpc) is 2.54. The number of amides is 1. The van der Waals surface area contributed by atoms with Crippen LogP contribution in [0.5, 0.6) is 5.75 Å². The van der Waals surface area contributed by atoms with Crippen LogP contribution in [-0.2, 0) is 0 Å². The Morgan fingerprint density at radius 2 is 2.05 bits per heavy atom. The molecular formula is C16H18N2O3. The molecule has 0 fully saturated rings. The zero-order valence-corrected chi connectivity index (χ0v) is 11.8. The van der Waals surface area contributed by atoms with Gasteiger partial charge in [-0.1, -0.05) is 30.3 Å². The lowest BCUT2D eigenvalue weighted by Gasteiger charge is -2.17. The van der Waals surface area contributed by atoms with Crippen molar-refractivity contribution >= 4 is 5.91 Å². The molecule has 5 heteroatoms. The molecule has 0 saturated heterocycles. The highest BCUT2D eigenvalue weighted by Crippen LogP contribution is 2.17. The zero-order valence-electron chi connectivity index (χ0n) is 11.8. The number of pyridine rings is 1. The Hall–Kier alpha value is -2.40. The van der Waals surface area contributed by atoms with Crippen LogP contribution >= 0.6 is 0 Å². The summed E-state index contributed by atoms with van der Waals surface area (Å²) in [5.41, 5.74) is 1.05. The maximum absolute atomic E-state index is 12.3. The summed E-state index contributed by atoms with van der Waals surface area (Å²) >= 11 is 0. The van der Waals surface area contributed by atoms with Crippen LogP contribution in [0, 0.1) is 0 Å². The molecule has 5 nitrogen and oxygen atoms in total. The maximum atomic E-state index is 12.3. The molecule has 2 N–H and O–H groups in total. The highest BCUT2D eigenvalue weighted by atomic mass is 16.5. The predicted molar refractivity (Wildman–Crippen MR) is 79.1 cm³/mol. The number of aliphatic hydroxyl groups is 1. The van der Waals surface area contributed by atoms with Crippen LogP contribution in [0.25, 0.3) is 0 Å². The highest BCUT2D eigenvalue weighted by molar-refractivity contribution is 5.95. The van der Waals surface area contributed by atoms with Gasteiger partial charge in [0.1, 0.15) is 0 Å². The molecule has 1 aromatic carbocycles. The number of hydrogen-bond acceptors (Lipinski definition) is 4. The first kappa shape index (κ1) is 15.0. The largest absolute Gasteiger partial charge is 0.491 e. The summed E-state index contributed by atoms with van der Waals surface area (Å²) in [6, 6.07) is 12.2. The molecule has 2 aromatic rings. The monoisotopic (exact) mass is 286 g/mol. The number of aliphatic hydroxyl groups excluding tert-OH is 1. The van der Waals surface area contributed by atoms with Crippen molar-refractivity contribution in [1.29, 1.82) is 0 Å². The van der Waals surface area contributed by atoms with Crippen LogP contribution in [-0.4, -0.2) is 29.2 Å². The fourth-order valence-corrected chi connectivity index (χ4v) is 1.98. The second-order valence-electron chi connectivity index (χ2n) is 4.40. The molecule has 0 aliphatic carbocycles. The molecule has 110 valence electrons. The normalized spacial score (nSPS) is 11.7. The van der Waals surface area contributed by atoms with E-state index in [4.69, 9.17) is 4.74 Å². The van der Waals surface area contributed by atoms with Gasteiger partial charge in [-0.05, 0) is 24.6 Å². The van der Waals surface area contributed by atoms with Gasteiger partial charge < -0.3 is 15.2 Å². The molecule has 0 aliphatic heterocycles. The number of benzene rings is 1. The second-order valence-corrected chi connectivity index (χ2v) is 4.40. The number of carbonyl (C=O) groups is 1. The van der Waals surface area contributed by atoms with Crippen LogP contribution in [0.4, 0.5) is 0 Å². The Balaban J connectivity index is 2.17. The molecule has 0 bridgehead atoms. The van der Waals surface area contributed by atoms with E-state index >= 15 is 0 Å². The first-order valence-corrected chi connectivity index (χ1v) is 6.80. The first-order valence-electron chi connectivity index (χ1n) is 6.80. The predicted octanol–water partition coefficient (Wildman–Crippen LogP) is 1.94. The van der Waals surface area contributed by atoms with E-state index in [0.29, 0.717) is 12.4 Å². The van der Waals surface area contributed by atoms with E-state index in [9.17, 15) is 9.90 Å². The lowest BCUT2D eigenvalue weighted by atomic mass is 10.1. The number of rotatable bonds is 6. The fourth-order valence-electron chi connectivity index (χ4n) is 1.98. The number of nitrogens with zero attached hydrogens (tertiary/aromatic N) is 1. The van der Waals surface area contributed by atoms with E-state index in [0.717, 1.165) is 5.56 Å². The summed E-state index contributed by atoms with van der Waals surface area (Å²) in [7, 11) is 0. The van der Waals surface area contributed by atoms with Crippen molar-refractivity contribution in [1.82, 2.24) is 10.3 Å². The molecule has 0 saturated carbocycles. The Morgan fingerprint density at radius 1 is 1.29 bits per heavy atom. The third-order valence-corrected chi connectivity index (χ3v) is 2.98. The van der Waals surface area contributed by atoms with Crippen molar-refractivity contribution in [2.75, 3.05) is 13.2 Å². The molecule has 0 unspecified atom stereocenters. The summed E-state index contributed by atoms with van der Waals surface area (Å²) in [5.74, 6) is 0.0594. The SMILES string of the molecule is CCOc1cccnc1C(=O)N[C@H](CO)c1ccccc1. The lowest BCUT2D eigenvalue weighted by Crippen LogP contribution is -2.31. The van der Waals surface area contributed by atoms with Gasteiger partial charge in [-0.2, -0.15) is 0 Å². The lowest BCUT2D eigenvalue weighted by molar-refractivity contribution is 0.0907. The average molecular weight is 286 g/mol. The Morgan fingerprint density at radius 3 is 2.71 bits per heavy atom. The van der Waals surface area contributed by atoms with Crippen LogP contribution in [0.15, 0.2) is 48.7 Å². The zero-order chi connectivity index (χ0) is 15.1. The van der Waals surface area contributed by atoms with E-state index in [1.807, 2.05) is 37.3 Å². The van der Waals surface area contributed by atoms with Crippen molar-refractivity contribution in [2.24, 2.45) is 0 Å². The number of ether oxygens (including phenoxy) is 1. The van der Waals surface area contributed by atoms with Gasteiger partial charge in [0.15, 0.2) is 11.4 Å². The van der Waals surface area contributed by atoms with Gasteiger partial charge in [0.05, 0.1) is 19.3 Å². The first-order chi connectivity index (χ1) is 10.3. The minimum absolute atomic E-state index is 0.188. The van der Waals surface area contributed by atoms with Gasteiger partial charge in [-0.25, -0.2) is 4.98 Å². The maximum Gasteiger partial charge on any atom is 0.274 e. The van der Waals surface area contributed by atoms with Crippen molar-refractivity contribution in [3.8, 4) is 5.75 Å². The molecule has 0 radical (unpaired) electrons. The Bertz CT molecular complexity index is 587. The Labute approximate surface area is 123 Å². The van der Waals surface area contributed by atoms with Crippen LogP contribution < -0.4 is 10.1 Å². The van der Waals surface area contributed by atoms with Crippen LogP contribution in [0.3, 0.4) is 0 Å². The summed E-state index contributed by atoms with van der Waals surface area (Å²) in [5, 5.41) is 12.2. The smallest absolute Gasteiger partial charge is 0.274 e. The van der Waals surface area contributed by atoms with E-state index in [-0.39, 0.29) is 18.2 Å². The van der Waals surface area contributed by atoms with Crippen molar-refractivity contribution in [3.05, 3.63) is 59.9 Å². The number of hydrogen-bond donors (Lipinski definition) is 2. The number of nitrogens with one attached hydrogen (secondary N) is 1. The van der Waals surface area contributed by atoms with Crippen molar-refractivity contribution in [2.45, 2.75) is 13.0 Å². The molecule has 0 aliphatic rings. The van der Waals surface area contributed by atoms with Crippen molar-refractivity contribution in [3.63, 3.8) is 0 Å². The summed E-state index contributed by atoms with van der Waals surface area (Å²) in [6.07, 6.45) is 1.54. The standard InChI is InChI=1S/C16H18N2O3/c1-2-21-14-9-6-10-17-15(14)16(20)18-13(11-19)12-7-4-3-5-8-12/h3-10,13,19H,2,11H2,1H3,(H,18,20)/t13-/m1/s1. The van der Waals surface area contributed by atoms with E-state index < -0.39 is 6.04 Å². The minimum Gasteiger partial charge on any atom is -0.491 e. The highest BCUT2D eigenvalue weighted by Gasteiger charge is 2.18. The van der Waals surface area contributed by atoms with E-state index in [2.05, 4.69) is 10.3 Å². The van der Waals surface area contributed by atoms with E-state index in [1.165, 1.54) is 6.20 Å². The van der Waals surface area contributed by atoms with Gasteiger partial charge in [-0.3, -0.25) is 4.79 Å². The van der Waals surface area contributed by atoms with Gasteiger partial charge in [0.25, 0.3) is 5.91 Å². The number of carbonyl (C=O) groups excluding carboxylic acids is 1. The van der Waals surface area contributed by atoms with Gasteiger partial charge in [0.2, 0.25) is 0 Å². The fraction of sp³-hybridized carbons (Fsp3) is 0.250. The molecular weight excluding hydrogens is 268 g/mol. The summed E-state index contributed by atoms with van der Waals surface area (Å²) < 4.78 is 5.39. The quantitative estimate of drug-likeness (QED) is 0.851. The third-order valence-electron chi connectivity index (χ3n) is 2.98. The molecule has 2 rings (SSSR count). The topological polar surface area (TPSA) is 71.5 Å². The van der Waals surface area contributed by atoms with Crippen molar-refractivity contribution < 1.29 is 14.6 Å². The van der Waals surface area contributed by atoms with Gasteiger partial charge in [-0.15, -0.1) is 0 Å². The molecule has 0 spiro atoms. The van der Waals surface area contributed by atoms with E-state index in [1.54, 1.807) is 12.1 Å². The van der Waals surface area contributed by atoms with Gasteiger partial charge >= 0.3 is 0 Å². The number of aromatic nitrogens is 1. The molecule has 1 amide bonds.